The summed E-state index contributed by atoms with van der Waals surface area (Å²) in [5.41, 5.74) is 0.139. The Morgan fingerprint density at radius 1 is 1.37 bits per heavy atom. The Kier molecular flexibility index (Phi) is 7.04. The zero-order chi connectivity index (χ0) is 21.9. The Morgan fingerprint density at radius 2 is 2.07 bits per heavy atom. The Morgan fingerprint density at radius 3 is 2.67 bits per heavy atom. The number of thioether (sulfide) groups is 1. The maximum atomic E-state index is 12.2. The van der Waals surface area contributed by atoms with Crippen molar-refractivity contribution in [2.75, 3.05) is 28.3 Å². The highest BCUT2D eigenvalue weighted by molar-refractivity contribution is 7.99. The van der Waals surface area contributed by atoms with E-state index in [2.05, 4.69) is 15.6 Å². The van der Waals surface area contributed by atoms with Gasteiger partial charge in [0.05, 0.1) is 10.7 Å². The topological polar surface area (TPSA) is 141 Å². The van der Waals surface area contributed by atoms with Crippen molar-refractivity contribution in [3.8, 4) is 0 Å². The molecule has 0 bridgehead atoms. The summed E-state index contributed by atoms with van der Waals surface area (Å²) in [7, 11) is 0. The minimum absolute atomic E-state index is 0.00743. The second kappa shape index (κ2) is 9.36. The SMILES string of the molecule is CC(C)NC(=O)C1CCC(Nc2cc(N3CCSCC3(O)O)ncc2[N+](=O)[O-])CC1. The van der Waals surface area contributed by atoms with Gasteiger partial charge < -0.3 is 25.7 Å². The number of nitrogens with one attached hydrogen (secondary N) is 2. The first-order valence-corrected chi connectivity index (χ1v) is 11.3. The van der Waals surface area contributed by atoms with Crippen LogP contribution in [0.15, 0.2) is 12.3 Å². The van der Waals surface area contributed by atoms with Gasteiger partial charge in [-0.15, -0.1) is 0 Å². The van der Waals surface area contributed by atoms with E-state index in [-0.39, 0.29) is 41.2 Å². The van der Waals surface area contributed by atoms with Gasteiger partial charge in [-0.1, -0.05) is 0 Å². The molecule has 1 saturated carbocycles. The molecule has 0 unspecified atom stereocenters. The first-order valence-electron chi connectivity index (χ1n) is 10.2. The number of nitrogens with zero attached hydrogens (tertiary/aromatic N) is 3. The van der Waals surface area contributed by atoms with Crippen molar-refractivity contribution in [3.63, 3.8) is 0 Å². The summed E-state index contributed by atoms with van der Waals surface area (Å²) >= 11 is 1.42. The molecule has 1 saturated heterocycles. The first kappa shape index (κ1) is 22.6. The van der Waals surface area contributed by atoms with Gasteiger partial charge in [-0.2, -0.15) is 11.8 Å². The number of carbonyl (C=O) groups excluding carboxylic acids is 1. The maximum Gasteiger partial charge on any atom is 0.310 e. The molecule has 1 aromatic heterocycles. The lowest BCUT2D eigenvalue weighted by atomic mass is 9.85. The van der Waals surface area contributed by atoms with Gasteiger partial charge in [0, 0.05) is 36.4 Å². The van der Waals surface area contributed by atoms with Gasteiger partial charge in [0.25, 0.3) is 5.91 Å². The summed E-state index contributed by atoms with van der Waals surface area (Å²) in [6.07, 6.45) is 4.01. The molecule has 1 aliphatic heterocycles. The molecule has 1 aromatic rings. The van der Waals surface area contributed by atoms with E-state index in [1.54, 1.807) is 0 Å². The van der Waals surface area contributed by atoms with Crippen LogP contribution in [0.5, 0.6) is 0 Å². The van der Waals surface area contributed by atoms with Crippen LogP contribution < -0.4 is 15.5 Å². The fourth-order valence-electron chi connectivity index (χ4n) is 3.89. The second-order valence-corrected chi connectivity index (χ2v) is 9.26. The number of amides is 1. The number of nitro groups is 1. The van der Waals surface area contributed by atoms with Crippen LogP contribution in [0.25, 0.3) is 0 Å². The predicted molar refractivity (Wildman–Crippen MR) is 115 cm³/mol. The normalized spacial score (nSPS) is 23.8. The van der Waals surface area contributed by atoms with E-state index in [1.807, 2.05) is 13.8 Å². The fourth-order valence-corrected chi connectivity index (χ4v) is 4.77. The fraction of sp³-hybridized carbons (Fsp3) is 0.684. The van der Waals surface area contributed by atoms with Crippen LogP contribution in [-0.2, 0) is 4.79 Å². The largest absolute Gasteiger partial charge is 0.377 e. The number of carbonyl (C=O) groups is 1. The number of hydrogen-bond acceptors (Lipinski definition) is 9. The van der Waals surface area contributed by atoms with Crippen LogP contribution >= 0.6 is 11.8 Å². The Hall–Kier alpha value is -2.11. The standard InChI is InChI=1S/C19H29N5O5S/c1-12(2)21-18(25)13-3-5-14(6-4-13)22-15-9-17(20-10-16(15)24(28)29)23-7-8-30-11-19(23,26)27/h9-10,12-14,26-27H,3-8,11H2,1-2H3,(H,20,22)(H,21,25). The van der Waals surface area contributed by atoms with Crippen molar-refractivity contribution < 1.29 is 19.9 Å². The van der Waals surface area contributed by atoms with Gasteiger partial charge in [0.1, 0.15) is 17.7 Å². The van der Waals surface area contributed by atoms with Gasteiger partial charge >= 0.3 is 5.69 Å². The van der Waals surface area contributed by atoms with Gasteiger partial charge in [-0.3, -0.25) is 14.9 Å². The smallest absolute Gasteiger partial charge is 0.310 e. The highest BCUT2D eigenvalue weighted by Crippen LogP contribution is 2.34. The molecule has 1 aliphatic carbocycles. The van der Waals surface area contributed by atoms with Gasteiger partial charge in [0.15, 0.2) is 0 Å². The molecular weight excluding hydrogens is 410 g/mol. The number of aromatic nitrogens is 1. The molecule has 11 heteroatoms. The summed E-state index contributed by atoms with van der Waals surface area (Å²) in [6.45, 7) is 4.23. The van der Waals surface area contributed by atoms with E-state index in [0.29, 0.717) is 30.8 Å². The maximum absolute atomic E-state index is 12.2. The Labute approximate surface area is 179 Å². The van der Waals surface area contributed by atoms with E-state index in [9.17, 15) is 25.1 Å². The molecule has 30 heavy (non-hydrogen) atoms. The molecule has 2 aliphatic rings. The van der Waals surface area contributed by atoms with Crippen LogP contribution in [0, 0.1) is 16.0 Å². The molecule has 0 radical (unpaired) electrons. The van der Waals surface area contributed by atoms with Gasteiger partial charge in [-0.25, -0.2) is 4.98 Å². The molecule has 10 nitrogen and oxygen atoms in total. The predicted octanol–water partition coefficient (Wildman–Crippen LogP) is 1.68. The van der Waals surface area contributed by atoms with Crippen LogP contribution in [0.4, 0.5) is 17.2 Å². The molecule has 2 heterocycles. The number of pyridine rings is 1. The summed E-state index contributed by atoms with van der Waals surface area (Å²) in [5.74, 6) is -0.942. The van der Waals surface area contributed by atoms with Crippen molar-refractivity contribution in [1.82, 2.24) is 10.3 Å². The number of aliphatic hydroxyl groups is 2. The van der Waals surface area contributed by atoms with E-state index in [1.165, 1.54) is 22.7 Å². The zero-order valence-corrected chi connectivity index (χ0v) is 18.0. The monoisotopic (exact) mass is 439 g/mol. The van der Waals surface area contributed by atoms with Crippen LogP contribution in [-0.4, -0.2) is 62.1 Å². The van der Waals surface area contributed by atoms with Gasteiger partial charge in [-0.05, 0) is 39.5 Å². The molecule has 4 N–H and O–H groups in total. The number of hydrogen-bond donors (Lipinski definition) is 4. The molecule has 2 fully saturated rings. The lowest BCUT2D eigenvalue weighted by molar-refractivity contribution is -0.384. The molecule has 0 spiro atoms. The van der Waals surface area contributed by atoms with Crippen molar-refractivity contribution in [2.24, 2.45) is 5.92 Å². The van der Waals surface area contributed by atoms with Gasteiger partial charge in [0.2, 0.25) is 5.91 Å². The van der Waals surface area contributed by atoms with Crippen molar-refractivity contribution in [3.05, 3.63) is 22.4 Å². The lowest BCUT2D eigenvalue weighted by Crippen LogP contribution is -2.55. The summed E-state index contributed by atoms with van der Waals surface area (Å²) in [5, 5.41) is 38.2. The third-order valence-corrected chi connectivity index (χ3v) is 6.48. The minimum Gasteiger partial charge on any atom is -0.377 e. The number of rotatable bonds is 6. The van der Waals surface area contributed by atoms with Crippen LogP contribution in [0.3, 0.4) is 0 Å². The average Bonchev–Trinajstić information content (AvgIpc) is 2.67. The minimum atomic E-state index is -2.05. The highest BCUT2D eigenvalue weighted by Gasteiger charge is 2.37. The van der Waals surface area contributed by atoms with Crippen molar-refractivity contribution in [2.45, 2.75) is 57.5 Å². The molecule has 1 amide bonds. The second-order valence-electron chi connectivity index (χ2n) is 8.15. The quantitative estimate of drug-likeness (QED) is 0.296. The van der Waals surface area contributed by atoms with E-state index < -0.39 is 10.8 Å². The molecular formula is C19H29N5O5S. The first-order chi connectivity index (χ1) is 14.2. The zero-order valence-electron chi connectivity index (χ0n) is 17.2. The van der Waals surface area contributed by atoms with Crippen molar-refractivity contribution >= 4 is 34.9 Å². The summed E-state index contributed by atoms with van der Waals surface area (Å²) < 4.78 is 0. The van der Waals surface area contributed by atoms with E-state index in [0.717, 1.165) is 19.0 Å². The summed E-state index contributed by atoms with van der Waals surface area (Å²) in [6, 6.07) is 1.60. The third-order valence-electron chi connectivity index (χ3n) is 5.42. The molecule has 3 rings (SSSR count). The molecule has 166 valence electrons. The third kappa shape index (κ3) is 5.32. The highest BCUT2D eigenvalue weighted by atomic mass is 32.2. The van der Waals surface area contributed by atoms with E-state index in [4.69, 9.17) is 0 Å². The van der Waals surface area contributed by atoms with Crippen LogP contribution in [0.2, 0.25) is 0 Å². The summed E-state index contributed by atoms with van der Waals surface area (Å²) in [4.78, 5) is 28.6. The molecule has 0 atom stereocenters. The lowest BCUT2D eigenvalue weighted by Gasteiger charge is -2.39. The Balaban J connectivity index is 1.72. The number of anilines is 2. The van der Waals surface area contributed by atoms with Crippen molar-refractivity contribution in [1.29, 1.82) is 0 Å². The average molecular weight is 440 g/mol. The van der Waals surface area contributed by atoms with Crippen LogP contribution in [0.1, 0.15) is 39.5 Å². The molecule has 0 aromatic carbocycles. The Bertz CT molecular complexity index is 783. The van der Waals surface area contributed by atoms with E-state index >= 15 is 0 Å².